The molecule has 0 aromatic rings. The summed E-state index contributed by atoms with van der Waals surface area (Å²) in [5.74, 6) is -1.22. The lowest BCUT2D eigenvalue weighted by Gasteiger charge is -2.35. The third-order valence-corrected chi connectivity index (χ3v) is 6.11. The fourth-order valence-corrected chi connectivity index (χ4v) is 5.00. The second kappa shape index (κ2) is 4.29. The summed E-state index contributed by atoms with van der Waals surface area (Å²) in [7, 11) is -7.26. The van der Waals surface area contributed by atoms with Crippen LogP contribution in [0.4, 0.5) is 4.79 Å². The molecule has 3 heterocycles. The molecule has 0 aliphatic carbocycles. The van der Waals surface area contributed by atoms with Crippen LogP contribution in [0.3, 0.4) is 0 Å². The summed E-state index contributed by atoms with van der Waals surface area (Å²) >= 11 is 0. The highest BCUT2D eigenvalue weighted by atomic mass is 32.2. The van der Waals surface area contributed by atoms with Crippen molar-refractivity contribution in [1.82, 2.24) is 0 Å². The maximum atomic E-state index is 11.4. The maximum Gasteiger partial charge on any atom is 0.509 e. The number of carbonyl (C=O) groups is 1. The van der Waals surface area contributed by atoms with Gasteiger partial charge in [0.1, 0.15) is 6.61 Å². The molecule has 0 radical (unpaired) electrons. The molecule has 3 atom stereocenters. The number of hydrogen-bond acceptors (Lipinski definition) is 9. The van der Waals surface area contributed by atoms with Gasteiger partial charge in [-0.1, -0.05) is 0 Å². The van der Waals surface area contributed by atoms with Crippen molar-refractivity contribution in [3.8, 4) is 0 Å². The molecule has 1 spiro atoms. The normalized spacial score (nSPS) is 42.3. The van der Waals surface area contributed by atoms with Gasteiger partial charge in [-0.25, -0.2) is 4.79 Å². The van der Waals surface area contributed by atoms with Crippen molar-refractivity contribution in [2.24, 2.45) is 5.92 Å². The number of carbonyl (C=O) groups excluding carboxylic acids is 1. The van der Waals surface area contributed by atoms with Crippen LogP contribution >= 0.6 is 0 Å². The number of ether oxygens (including phenoxy) is 2. The Kier molecular flexibility index (Phi) is 3.01. The van der Waals surface area contributed by atoms with E-state index in [0.29, 0.717) is 0 Å². The van der Waals surface area contributed by atoms with E-state index in [1.165, 1.54) is 0 Å². The van der Waals surface area contributed by atoms with E-state index in [1.807, 2.05) is 0 Å². The van der Waals surface area contributed by atoms with Crippen LogP contribution in [0.25, 0.3) is 0 Å². The Morgan fingerprint density at radius 1 is 1.10 bits per heavy atom. The van der Waals surface area contributed by atoms with Crippen molar-refractivity contribution in [3.05, 3.63) is 0 Å². The quantitative estimate of drug-likeness (QED) is 0.440. The van der Waals surface area contributed by atoms with Gasteiger partial charge in [0, 0.05) is 12.3 Å². The largest absolute Gasteiger partial charge is 0.509 e. The van der Waals surface area contributed by atoms with Crippen LogP contribution in [0.5, 0.6) is 0 Å². The molecule has 0 aromatic carbocycles. The van der Waals surface area contributed by atoms with Gasteiger partial charge in [0.2, 0.25) is 0 Å². The van der Waals surface area contributed by atoms with E-state index in [2.05, 4.69) is 4.18 Å². The number of hydrogen-bond donors (Lipinski definition) is 0. The molecule has 114 valence electrons. The Morgan fingerprint density at radius 2 is 1.85 bits per heavy atom. The summed E-state index contributed by atoms with van der Waals surface area (Å²) in [6, 6.07) is 0. The molecule has 3 unspecified atom stereocenters. The molecule has 11 heteroatoms. The van der Waals surface area contributed by atoms with Crippen LogP contribution in [0.1, 0.15) is 6.42 Å². The third kappa shape index (κ3) is 2.38. The van der Waals surface area contributed by atoms with Gasteiger partial charge >= 0.3 is 6.16 Å². The first kappa shape index (κ1) is 14.0. The molecule has 20 heavy (non-hydrogen) atoms. The predicted molar refractivity (Wildman–Crippen MR) is 61.7 cm³/mol. The molecular weight excluding hydrogens is 316 g/mol. The molecule has 0 bridgehead atoms. The Morgan fingerprint density at radius 3 is 2.40 bits per heavy atom. The highest BCUT2D eigenvalue weighted by Gasteiger charge is 2.59. The molecule has 0 N–H and O–H groups in total. The maximum absolute atomic E-state index is 11.4. The zero-order chi connectivity index (χ0) is 14.6. The van der Waals surface area contributed by atoms with Crippen molar-refractivity contribution < 1.29 is 39.5 Å². The van der Waals surface area contributed by atoms with E-state index in [-0.39, 0.29) is 31.1 Å². The first-order valence-electron chi connectivity index (χ1n) is 5.85. The van der Waals surface area contributed by atoms with E-state index in [9.17, 15) is 21.6 Å². The summed E-state index contributed by atoms with van der Waals surface area (Å²) in [5, 5.41) is 0. The van der Waals surface area contributed by atoms with Crippen molar-refractivity contribution in [1.29, 1.82) is 0 Å². The minimum Gasteiger partial charge on any atom is -0.426 e. The van der Waals surface area contributed by atoms with Gasteiger partial charge in [-0.05, 0) is 0 Å². The SMILES string of the molecule is O=C1OC(C2COS(=O)(=O)C2)C2(CCS(=O)(=O)OC2)O1. The summed E-state index contributed by atoms with van der Waals surface area (Å²) in [6.45, 7) is -0.500. The molecular formula is C9H12O9S2. The Balaban J connectivity index is 1.85. The van der Waals surface area contributed by atoms with Gasteiger partial charge in [-0.2, -0.15) is 16.8 Å². The second-order valence-corrected chi connectivity index (χ2v) is 8.44. The van der Waals surface area contributed by atoms with Crippen LogP contribution in [0.15, 0.2) is 0 Å². The van der Waals surface area contributed by atoms with Gasteiger partial charge in [-0.15, -0.1) is 0 Å². The molecule has 3 aliphatic rings. The Labute approximate surface area is 115 Å². The lowest BCUT2D eigenvalue weighted by Crippen LogP contribution is -2.53. The van der Waals surface area contributed by atoms with Crippen molar-refractivity contribution >= 4 is 26.4 Å². The molecule has 9 nitrogen and oxygen atoms in total. The summed E-state index contributed by atoms with van der Waals surface area (Å²) in [6.07, 6.45) is -1.85. The molecule has 0 aromatic heterocycles. The first-order chi connectivity index (χ1) is 9.22. The van der Waals surface area contributed by atoms with Crippen molar-refractivity contribution in [2.75, 3.05) is 24.7 Å². The van der Waals surface area contributed by atoms with Crippen LogP contribution < -0.4 is 0 Å². The zero-order valence-electron chi connectivity index (χ0n) is 10.2. The van der Waals surface area contributed by atoms with E-state index >= 15 is 0 Å². The van der Waals surface area contributed by atoms with E-state index in [1.54, 1.807) is 0 Å². The highest BCUT2D eigenvalue weighted by molar-refractivity contribution is 7.87. The second-order valence-electron chi connectivity index (χ2n) is 5.00. The summed E-state index contributed by atoms with van der Waals surface area (Å²) in [5.41, 5.74) is -1.27. The number of cyclic esters (lactones) is 1. The molecule has 3 aliphatic heterocycles. The standard InChI is InChI=1S/C9H12O9S2/c10-8-17-7(6-3-15-20(13,14)4-6)9(18-8)1-2-19(11,12)16-5-9/h6-7H,1-5H2. The minimum absolute atomic E-state index is 0.00227. The van der Waals surface area contributed by atoms with E-state index in [0.717, 1.165) is 0 Å². The van der Waals surface area contributed by atoms with Gasteiger partial charge in [0.05, 0.1) is 18.1 Å². The highest BCUT2D eigenvalue weighted by Crippen LogP contribution is 2.40. The fraction of sp³-hybridized carbons (Fsp3) is 0.889. The predicted octanol–water partition coefficient (Wildman–Crippen LogP) is -1.01. The van der Waals surface area contributed by atoms with E-state index in [4.69, 9.17) is 13.7 Å². The molecule has 3 saturated heterocycles. The molecule has 0 amide bonds. The summed E-state index contributed by atoms with van der Waals surface area (Å²) in [4.78, 5) is 11.4. The summed E-state index contributed by atoms with van der Waals surface area (Å²) < 4.78 is 64.7. The Hall–Kier alpha value is -0.910. The smallest absolute Gasteiger partial charge is 0.426 e. The average molecular weight is 328 g/mol. The van der Waals surface area contributed by atoms with Crippen molar-refractivity contribution in [3.63, 3.8) is 0 Å². The van der Waals surface area contributed by atoms with Gasteiger partial charge in [0.25, 0.3) is 20.2 Å². The third-order valence-electron chi connectivity index (χ3n) is 3.59. The van der Waals surface area contributed by atoms with Crippen molar-refractivity contribution in [2.45, 2.75) is 18.1 Å². The lowest BCUT2D eigenvalue weighted by molar-refractivity contribution is -0.0413. The van der Waals surface area contributed by atoms with Crippen LogP contribution in [0, 0.1) is 5.92 Å². The monoisotopic (exact) mass is 328 g/mol. The first-order valence-corrected chi connectivity index (χ1v) is 9.01. The Bertz CT molecular complexity index is 620. The number of rotatable bonds is 1. The van der Waals surface area contributed by atoms with Crippen LogP contribution in [-0.2, 0) is 38.1 Å². The van der Waals surface area contributed by atoms with E-state index < -0.39 is 44.0 Å². The van der Waals surface area contributed by atoms with Gasteiger partial charge < -0.3 is 9.47 Å². The zero-order valence-corrected chi connectivity index (χ0v) is 11.8. The minimum atomic E-state index is -3.63. The molecule has 0 saturated carbocycles. The average Bonchev–Trinajstić information content (AvgIpc) is 2.84. The molecule has 3 fully saturated rings. The lowest BCUT2D eigenvalue weighted by atomic mass is 9.86. The topological polar surface area (TPSA) is 122 Å². The van der Waals surface area contributed by atoms with Crippen LogP contribution in [0.2, 0.25) is 0 Å². The van der Waals surface area contributed by atoms with Gasteiger partial charge in [-0.3, -0.25) is 8.37 Å². The van der Waals surface area contributed by atoms with Crippen LogP contribution in [-0.4, -0.2) is 59.4 Å². The van der Waals surface area contributed by atoms with Gasteiger partial charge in [0.15, 0.2) is 11.7 Å². The fourth-order valence-electron chi connectivity index (χ4n) is 2.63. The molecule has 3 rings (SSSR count).